The van der Waals surface area contributed by atoms with E-state index in [2.05, 4.69) is 4.98 Å². The van der Waals surface area contributed by atoms with Gasteiger partial charge < -0.3 is 9.51 Å². The minimum absolute atomic E-state index is 0.535. The van der Waals surface area contributed by atoms with Gasteiger partial charge in [-0.2, -0.15) is 0 Å². The van der Waals surface area contributed by atoms with Crippen molar-refractivity contribution in [2.45, 2.75) is 12.8 Å². The van der Waals surface area contributed by atoms with Crippen molar-refractivity contribution < 1.29 is 9.90 Å². The van der Waals surface area contributed by atoms with Crippen LogP contribution in [0.2, 0.25) is 0 Å². The van der Waals surface area contributed by atoms with Crippen LogP contribution < -0.4 is 0 Å². The Morgan fingerprint density at radius 3 is 3.07 bits per heavy atom. The summed E-state index contributed by atoms with van der Waals surface area (Å²) in [5, 5.41) is 8.87. The highest BCUT2D eigenvalue weighted by Gasteiger charge is 2.17. The van der Waals surface area contributed by atoms with Crippen LogP contribution in [0.4, 0.5) is 0 Å². The molecule has 0 aliphatic carbocycles. The van der Waals surface area contributed by atoms with Gasteiger partial charge in [0.1, 0.15) is 5.65 Å². The summed E-state index contributed by atoms with van der Waals surface area (Å²) in [5.41, 5.74) is 1.48. The lowest BCUT2D eigenvalue weighted by Crippen LogP contribution is -2.09. The van der Waals surface area contributed by atoms with Crippen LogP contribution in [0.1, 0.15) is 18.5 Å². The Balaban J connectivity index is 2.58. The number of hydrogen-bond acceptors (Lipinski definition) is 2. The van der Waals surface area contributed by atoms with E-state index in [9.17, 15) is 4.79 Å². The van der Waals surface area contributed by atoms with Crippen LogP contribution in [0.15, 0.2) is 30.6 Å². The first-order valence-corrected chi connectivity index (χ1v) is 4.35. The molecule has 1 unspecified atom stereocenters. The highest BCUT2D eigenvalue weighted by molar-refractivity contribution is 5.75. The molecule has 0 saturated carbocycles. The SMILES string of the molecule is CC(C(=O)O)c1cnc2ccccn12. The van der Waals surface area contributed by atoms with Crippen molar-refractivity contribution in [3.05, 3.63) is 36.3 Å². The number of carboxylic acid groups (broad SMARTS) is 1. The summed E-state index contributed by atoms with van der Waals surface area (Å²) < 4.78 is 1.79. The van der Waals surface area contributed by atoms with E-state index in [4.69, 9.17) is 5.11 Å². The van der Waals surface area contributed by atoms with Crippen LogP contribution in [-0.4, -0.2) is 20.5 Å². The Labute approximate surface area is 80.8 Å². The predicted octanol–water partition coefficient (Wildman–Crippen LogP) is 1.52. The van der Waals surface area contributed by atoms with Crippen molar-refractivity contribution in [3.8, 4) is 0 Å². The lowest BCUT2D eigenvalue weighted by Gasteiger charge is -2.04. The van der Waals surface area contributed by atoms with Gasteiger partial charge in [-0.05, 0) is 19.1 Å². The second-order valence-corrected chi connectivity index (χ2v) is 3.17. The summed E-state index contributed by atoms with van der Waals surface area (Å²) >= 11 is 0. The molecule has 0 aromatic carbocycles. The van der Waals surface area contributed by atoms with E-state index in [1.165, 1.54) is 0 Å². The largest absolute Gasteiger partial charge is 0.481 e. The fourth-order valence-electron chi connectivity index (χ4n) is 1.40. The van der Waals surface area contributed by atoms with E-state index in [0.717, 1.165) is 5.65 Å². The van der Waals surface area contributed by atoms with Gasteiger partial charge in [0.25, 0.3) is 0 Å². The summed E-state index contributed by atoms with van der Waals surface area (Å²) in [7, 11) is 0. The maximum Gasteiger partial charge on any atom is 0.312 e. The number of aromatic nitrogens is 2. The van der Waals surface area contributed by atoms with Crippen molar-refractivity contribution in [3.63, 3.8) is 0 Å². The summed E-state index contributed by atoms with van der Waals surface area (Å²) in [6.07, 6.45) is 3.42. The van der Waals surface area contributed by atoms with E-state index in [1.54, 1.807) is 17.5 Å². The van der Waals surface area contributed by atoms with Crippen molar-refractivity contribution >= 4 is 11.6 Å². The molecule has 0 fully saturated rings. The number of rotatable bonds is 2. The Hall–Kier alpha value is -1.84. The van der Waals surface area contributed by atoms with Crippen LogP contribution in [0.25, 0.3) is 5.65 Å². The van der Waals surface area contributed by atoms with Gasteiger partial charge in [0.15, 0.2) is 0 Å². The van der Waals surface area contributed by atoms with E-state index < -0.39 is 11.9 Å². The van der Waals surface area contributed by atoms with Gasteiger partial charge in [0.2, 0.25) is 0 Å². The first-order valence-electron chi connectivity index (χ1n) is 4.35. The smallest absolute Gasteiger partial charge is 0.312 e. The maximum atomic E-state index is 10.8. The van der Waals surface area contributed by atoms with Crippen LogP contribution in [0.5, 0.6) is 0 Å². The third-order valence-electron chi connectivity index (χ3n) is 2.26. The Morgan fingerprint density at radius 1 is 1.57 bits per heavy atom. The van der Waals surface area contributed by atoms with Crippen molar-refractivity contribution in [1.82, 2.24) is 9.38 Å². The molecule has 0 radical (unpaired) electrons. The zero-order valence-corrected chi connectivity index (χ0v) is 7.71. The third kappa shape index (κ3) is 1.25. The molecule has 2 aromatic rings. The molecule has 0 aliphatic heterocycles. The number of hydrogen-bond donors (Lipinski definition) is 1. The first-order chi connectivity index (χ1) is 6.70. The molecule has 2 aromatic heterocycles. The molecule has 0 spiro atoms. The molecule has 0 bridgehead atoms. The Bertz CT molecular complexity index is 476. The van der Waals surface area contributed by atoms with Crippen LogP contribution in [0, 0.1) is 0 Å². The quantitative estimate of drug-likeness (QED) is 0.781. The number of pyridine rings is 1. The number of nitrogens with zero attached hydrogens (tertiary/aromatic N) is 2. The highest BCUT2D eigenvalue weighted by atomic mass is 16.4. The minimum Gasteiger partial charge on any atom is -0.481 e. The predicted molar refractivity (Wildman–Crippen MR) is 51.2 cm³/mol. The zero-order valence-electron chi connectivity index (χ0n) is 7.71. The second kappa shape index (κ2) is 3.14. The third-order valence-corrected chi connectivity index (χ3v) is 2.26. The van der Waals surface area contributed by atoms with E-state index in [1.807, 2.05) is 24.4 Å². The van der Waals surface area contributed by atoms with Gasteiger partial charge in [-0.1, -0.05) is 6.07 Å². The van der Waals surface area contributed by atoms with Crippen molar-refractivity contribution in [2.24, 2.45) is 0 Å². The average Bonchev–Trinajstić information content (AvgIpc) is 2.60. The molecule has 4 nitrogen and oxygen atoms in total. The number of carboxylic acids is 1. The molecule has 1 atom stereocenters. The van der Waals surface area contributed by atoms with E-state index >= 15 is 0 Å². The molecule has 4 heteroatoms. The average molecular weight is 190 g/mol. The van der Waals surface area contributed by atoms with Gasteiger partial charge in [-0.15, -0.1) is 0 Å². The van der Waals surface area contributed by atoms with E-state index in [0.29, 0.717) is 5.69 Å². The summed E-state index contributed by atoms with van der Waals surface area (Å²) in [4.78, 5) is 14.9. The fourth-order valence-corrected chi connectivity index (χ4v) is 1.40. The van der Waals surface area contributed by atoms with Crippen LogP contribution in [0.3, 0.4) is 0 Å². The molecule has 0 aliphatic rings. The van der Waals surface area contributed by atoms with Crippen LogP contribution in [-0.2, 0) is 4.79 Å². The normalized spacial score (nSPS) is 12.9. The van der Waals surface area contributed by atoms with Gasteiger partial charge in [-0.25, -0.2) is 4.98 Å². The molecular weight excluding hydrogens is 180 g/mol. The Morgan fingerprint density at radius 2 is 2.36 bits per heavy atom. The minimum atomic E-state index is -0.837. The van der Waals surface area contributed by atoms with Gasteiger partial charge in [0.05, 0.1) is 17.8 Å². The molecule has 0 saturated heterocycles. The molecule has 2 rings (SSSR count). The number of carbonyl (C=O) groups is 1. The lowest BCUT2D eigenvalue weighted by molar-refractivity contribution is -0.138. The summed E-state index contributed by atoms with van der Waals surface area (Å²) in [5.74, 6) is -1.37. The molecule has 1 N–H and O–H groups in total. The second-order valence-electron chi connectivity index (χ2n) is 3.17. The molecule has 0 amide bonds. The monoisotopic (exact) mass is 190 g/mol. The molecular formula is C10H10N2O2. The van der Waals surface area contributed by atoms with Gasteiger partial charge in [-0.3, -0.25) is 4.79 Å². The fraction of sp³-hybridized carbons (Fsp3) is 0.200. The van der Waals surface area contributed by atoms with Gasteiger partial charge >= 0.3 is 5.97 Å². The Kier molecular flexibility index (Phi) is 1.96. The topological polar surface area (TPSA) is 54.6 Å². The van der Waals surface area contributed by atoms with Gasteiger partial charge in [0, 0.05) is 6.20 Å². The van der Waals surface area contributed by atoms with E-state index in [-0.39, 0.29) is 0 Å². The standard InChI is InChI=1S/C10H10N2O2/c1-7(10(13)14)8-6-11-9-4-2-3-5-12(8)9/h2-7H,1H3,(H,13,14). The van der Waals surface area contributed by atoms with Crippen LogP contribution >= 0.6 is 0 Å². The number of aliphatic carboxylic acids is 1. The highest BCUT2D eigenvalue weighted by Crippen LogP contribution is 2.16. The molecule has 14 heavy (non-hydrogen) atoms. The summed E-state index contributed by atoms with van der Waals surface area (Å²) in [6.45, 7) is 1.65. The zero-order chi connectivity index (χ0) is 10.1. The lowest BCUT2D eigenvalue weighted by atomic mass is 10.1. The maximum absolute atomic E-state index is 10.8. The van der Waals surface area contributed by atoms with Crippen molar-refractivity contribution in [2.75, 3.05) is 0 Å². The van der Waals surface area contributed by atoms with Crippen molar-refractivity contribution in [1.29, 1.82) is 0 Å². The molecule has 72 valence electrons. The molecule has 2 heterocycles. The first kappa shape index (κ1) is 8.74. The summed E-state index contributed by atoms with van der Waals surface area (Å²) in [6, 6.07) is 5.57. The number of fused-ring (bicyclic) bond motifs is 1. The number of imidazole rings is 1.